The molecule has 94 valence electrons. The number of aryl methyl sites for hydroxylation is 1. The van der Waals surface area contributed by atoms with Gasteiger partial charge in [0.25, 0.3) is 0 Å². The Kier molecular flexibility index (Phi) is 5.16. The predicted octanol–water partition coefficient (Wildman–Crippen LogP) is 2.18. The molecule has 1 atom stereocenters. The quantitative estimate of drug-likeness (QED) is 0.822. The van der Waals surface area contributed by atoms with Gasteiger partial charge < -0.3 is 10.5 Å². The summed E-state index contributed by atoms with van der Waals surface area (Å²) in [5.74, 6) is 1.14. The van der Waals surface area contributed by atoms with Crippen molar-refractivity contribution >= 4 is 5.78 Å². The summed E-state index contributed by atoms with van der Waals surface area (Å²) in [7, 11) is 1.64. The fourth-order valence-electron chi connectivity index (χ4n) is 1.71. The largest absolute Gasteiger partial charge is 0.496 e. The predicted molar refractivity (Wildman–Crippen MR) is 69.1 cm³/mol. The molecule has 1 rings (SSSR count). The molecule has 2 N–H and O–H groups in total. The van der Waals surface area contributed by atoms with Crippen molar-refractivity contribution in [1.29, 1.82) is 0 Å². The fraction of sp³-hybridized carbons (Fsp3) is 0.500. The molecule has 1 unspecified atom stereocenters. The third kappa shape index (κ3) is 3.86. The van der Waals surface area contributed by atoms with Crippen LogP contribution in [0.1, 0.15) is 25.8 Å². The van der Waals surface area contributed by atoms with E-state index >= 15 is 0 Å². The number of rotatable bonds is 6. The molecule has 1 aromatic rings. The molecule has 0 radical (unpaired) electrons. The minimum absolute atomic E-state index is 0.117. The summed E-state index contributed by atoms with van der Waals surface area (Å²) in [5, 5.41) is 0. The van der Waals surface area contributed by atoms with Gasteiger partial charge in [0.05, 0.1) is 13.2 Å². The van der Waals surface area contributed by atoms with Gasteiger partial charge >= 0.3 is 0 Å². The molecule has 0 saturated heterocycles. The normalized spacial score (nSPS) is 12.5. The Morgan fingerprint density at radius 3 is 2.59 bits per heavy atom. The minimum atomic E-state index is -0.357. The number of ketones is 1. The Morgan fingerprint density at radius 2 is 2.00 bits per heavy atom. The first-order valence-electron chi connectivity index (χ1n) is 5.96. The number of benzene rings is 1. The summed E-state index contributed by atoms with van der Waals surface area (Å²) >= 11 is 0. The first-order chi connectivity index (χ1) is 8.06. The third-order valence-electron chi connectivity index (χ3n) is 2.92. The molecule has 1 aromatic carbocycles. The van der Waals surface area contributed by atoms with E-state index in [1.165, 1.54) is 0 Å². The first-order valence-corrected chi connectivity index (χ1v) is 5.96. The average molecular weight is 235 g/mol. The molecule has 0 bridgehead atoms. The summed E-state index contributed by atoms with van der Waals surface area (Å²) in [4.78, 5) is 11.8. The van der Waals surface area contributed by atoms with E-state index in [9.17, 15) is 4.79 Å². The van der Waals surface area contributed by atoms with Gasteiger partial charge in [-0.05, 0) is 24.0 Å². The van der Waals surface area contributed by atoms with E-state index in [0.29, 0.717) is 12.8 Å². The van der Waals surface area contributed by atoms with E-state index in [2.05, 4.69) is 0 Å². The molecule has 3 heteroatoms. The van der Waals surface area contributed by atoms with Crippen LogP contribution in [0.5, 0.6) is 5.75 Å². The molecule has 0 aliphatic rings. The molecule has 0 spiro atoms. The number of ether oxygens (including phenoxy) is 1. The molecule has 17 heavy (non-hydrogen) atoms. The Labute approximate surface area is 103 Å². The minimum Gasteiger partial charge on any atom is -0.496 e. The van der Waals surface area contributed by atoms with Gasteiger partial charge in [-0.25, -0.2) is 0 Å². The highest BCUT2D eigenvalue weighted by atomic mass is 16.5. The van der Waals surface area contributed by atoms with E-state index in [1.807, 2.05) is 38.1 Å². The molecule has 3 nitrogen and oxygen atoms in total. The lowest BCUT2D eigenvalue weighted by Gasteiger charge is -2.14. The molecule has 0 saturated carbocycles. The molecular formula is C14H21NO2. The molecule has 0 heterocycles. The summed E-state index contributed by atoms with van der Waals surface area (Å²) < 4.78 is 5.24. The van der Waals surface area contributed by atoms with Crippen molar-refractivity contribution in [2.24, 2.45) is 11.7 Å². The van der Waals surface area contributed by atoms with Crippen molar-refractivity contribution in [1.82, 2.24) is 0 Å². The van der Waals surface area contributed by atoms with Crippen molar-refractivity contribution in [3.63, 3.8) is 0 Å². The number of hydrogen-bond donors (Lipinski definition) is 1. The van der Waals surface area contributed by atoms with E-state index in [0.717, 1.165) is 11.3 Å². The number of carbonyl (C=O) groups excluding carboxylic acids is 1. The third-order valence-corrected chi connectivity index (χ3v) is 2.92. The molecule has 0 aliphatic carbocycles. The number of nitrogens with two attached hydrogens (primary N) is 1. The monoisotopic (exact) mass is 235 g/mol. The van der Waals surface area contributed by atoms with Crippen LogP contribution in [0, 0.1) is 5.92 Å². The lowest BCUT2D eigenvalue weighted by atomic mass is 9.96. The van der Waals surface area contributed by atoms with Crippen molar-refractivity contribution in [3.05, 3.63) is 29.8 Å². The SMILES string of the molecule is COc1ccccc1CCC(=O)C(N)C(C)C. The zero-order valence-corrected chi connectivity index (χ0v) is 10.8. The van der Waals surface area contributed by atoms with Crippen LogP contribution < -0.4 is 10.5 Å². The van der Waals surface area contributed by atoms with Gasteiger partial charge in [-0.2, -0.15) is 0 Å². The van der Waals surface area contributed by atoms with Crippen molar-refractivity contribution < 1.29 is 9.53 Å². The van der Waals surface area contributed by atoms with Gasteiger partial charge in [-0.3, -0.25) is 4.79 Å². The standard InChI is InChI=1S/C14H21NO2/c1-10(2)14(15)12(16)9-8-11-6-4-5-7-13(11)17-3/h4-7,10,14H,8-9,15H2,1-3H3. The highest BCUT2D eigenvalue weighted by molar-refractivity contribution is 5.84. The average Bonchev–Trinajstić information content (AvgIpc) is 2.35. The van der Waals surface area contributed by atoms with Crippen LogP contribution in [0.15, 0.2) is 24.3 Å². The molecule has 0 aromatic heterocycles. The highest BCUT2D eigenvalue weighted by Gasteiger charge is 2.17. The highest BCUT2D eigenvalue weighted by Crippen LogP contribution is 2.19. The van der Waals surface area contributed by atoms with Crippen LogP contribution in [-0.4, -0.2) is 18.9 Å². The van der Waals surface area contributed by atoms with Gasteiger partial charge in [0, 0.05) is 6.42 Å². The topological polar surface area (TPSA) is 52.3 Å². The Morgan fingerprint density at radius 1 is 1.35 bits per heavy atom. The summed E-state index contributed by atoms with van der Waals surface area (Å²) in [6, 6.07) is 7.40. The maximum absolute atomic E-state index is 11.8. The first kappa shape index (κ1) is 13.7. The molecule has 0 aliphatic heterocycles. The number of para-hydroxylation sites is 1. The molecule has 0 amide bonds. The summed E-state index contributed by atoms with van der Waals surface area (Å²) in [5.41, 5.74) is 6.87. The zero-order valence-electron chi connectivity index (χ0n) is 10.8. The molecular weight excluding hydrogens is 214 g/mol. The smallest absolute Gasteiger partial charge is 0.150 e. The maximum atomic E-state index is 11.8. The van der Waals surface area contributed by atoms with Crippen LogP contribution in [0.3, 0.4) is 0 Å². The van der Waals surface area contributed by atoms with E-state index in [1.54, 1.807) is 7.11 Å². The van der Waals surface area contributed by atoms with Crippen LogP contribution in [0.25, 0.3) is 0 Å². The van der Waals surface area contributed by atoms with Crippen LogP contribution in [0.4, 0.5) is 0 Å². The maximum Gasteiger partial charge on any atom is 0.150 e. The summed E-state index contributed by atoms with van der Waals surface area (Å²) in [6.07, 6.45) is 1.16. The summed E-state index contributed by atoms with van der Waals surface area (Å²) in [6.45, 7) is 3.93. The Bertz CT molecular complexity index is 374. The number of methoxy groups -OCH3 is 1. The van der Waals surface area contributed by atoms with Gasteiger partial charge in [-0.15, -0.1) is 0 Å². The number of carbonyl (C=O) groups is 1. The fourth-order valence-corrected chi connectivity index (χ4v) is 1.71. The van der Waals surface area contributed by atoms with E-state index < -0.39 is 0 Å². The lowest BCUT2D eigenvalue weighted by molar-refractivity contribution is -0.121. The Balaban J connectivity index is 2.58. The van der Waals surface area contributed by atoms with E-state index in [4.69, 9.17) is 10.5 Å². The number of hydrogen-bond acceptors (Lipinski definition) is 3. The van der Waals surface area contributed by atoms with Crippen LogP contribution in [0.2, 0.25) is 0 Å². The van der Waals surface area contributed by atoms with E-state index in [-0.39, 0.29) is 17.7 Å². The second kappa shape index (κ2) is 6.40. The van der Waals surface area contributed by atoms with Gasteiger partial charge in [0.15, 0.2) is 0 Å². The Hall–Kier alpha value is -1.35. The second-order valence-corrected chi connectivity index (χ2v) is 4.55. The number of Topliss-reactive ketones (excluding diaryl/α,β-unsaturated/α-hetero) is 1. The van der Waals surface area contributed by atoms with Gasteiger partial charge in [-0.1, -0.05) is 32.0 Å². The van der Waals surface area contributed by atoms with Crippen molar-refractivity contribution in [2.75, 3.05) is 7.11 Å². The van der Waals surface area contributed by atoms with Gasteiger partial charge in [0.1, 0.15) is 11.5 Å². The van der Waals surface area contributed by atoms with Crippen LogP contribution in [-0.2, 0) is 11.2 Å². The second-order valence-electron chi connectivity index (χ2n) is 4.55. The van der Waals surface area contributed by atoms with Gasteiger partial charge in [0.2, 0.25) is 0 Å². The van der Waals surface area contributed by atoms with Crippen LogP contribution >= 0.6 is 0 Å². The zero-order chi connectivity index (χ0) is 12.8. The molecule has 0 fully saturated rings. The van der Waals surface area contributed by atoms with Crippen molar-refractivity contribution in [2.45, 2.75) is 32.7 Å². The lowest BCUT2D eigenvalue weighted by Crippen LogP contribution is -2.35. The van der Waals surface area contributed by atoms with Crippen molar-refractivity contribution in [3.8, 4) is 5.75 Å².